The summed E-state index contributed by atoms with van der Waals surface area (Å²) < 4.78 is 10.6. The van der Waals surface area contributed by atoms with E-state index in [9.17, 15) is 4.79 Å². The fourth-order valence-corrected chi connectivity index (χ4v) is 2.55. The summed E-state index contributed by atoms with van der Waals surface area (Å²) in [5.74, 6) is 1.16. The second-order valence-electron chi connectivity index (χ2n) is 5.98. The third-order valence-electron chi connectivity index (χ3n) is 3.89. The summed E-state index contributed by atoms with van der Waals surface area (Å²) in [6, 6.07) is 16.3. The molecule has 7 nitrogen and oxygen atoms in total. The second-order valence-corrected chi connectivity index (χ2v) is 5.98. The minimum absolute atomic E-state index is 0.112. The molecule has 1 aromatic heterocycles. The Labute approximate surface area is 156 Å². The number of aromatic nitrogens is 2. The SMILES string of the molecule is Cc1nc(COc2ccccc2C(=O)N(C)Cc2ccc(C#N)cc2)no1. The number of carbonyl (C=O) groups is 1. The van der Waals surface area contributed by atoms with Gasteiger partial charge >= 0.3 is 0 Å². The average Bonchev–Trinajstić information content (AvgIpc) is 3.12. The van der Waals surface area contributed by atoms with E-state index in [-0.39, 0.29) is 12.5 Å². The Kier molecular flexibility index (Phi) is 5.47. The summed E-state index contributed by atoms with van der Waals surface area (Å²) in [6.45, 7) is 2.23. The van der Waals surface area contributed by atoms with Crippen molar-refractivity contribution in [3.05, 3.63) is 76.9 Å². The van der Waals surface area contributed by atoms with Gasteiger partial charge in [-0.2, -0.15) is 10.2 Å². The van der Waals surface area contributed by atoms with Crippen LogP contribution < -0.4 is 4.74 Å². The van der Waals surface area contributed by atoms with Crippen LogP contribution in [0.5, 0.6) is 5.75 Å². The molecule has 0 aliphatic rings. The number of ether oxygens (including phenoxy) is 1. The number of para-hydroxylation sites is 1. The fraction of sp³-hybridized carbons (Fsp3) is 0.200. The molecular weight excluding hydrogens is 344 g/mol. The van der Waals surface area contributed by atoms with Gasteiger partial charge in [-0.05, 0) is 29.8 Å². The molecule has 3 aromatic rings. The molecule has 0 saturated heterocycles. The zero-order chi connectivity index (χ0) is 19.2. The summed E-state index contributed by atoms with van der Waals surface area (Å²) in [7, 11) is 1.72. The molecule has 0 saturated carbocycles. The fourth-order valence-electron chi connectivity index (χ4n) is 2.55. The van der Waals surface area contributed by atoms with E-state index in [1.165, 1.54) is 0 Å². The molecule has 7 heteroatoms. The smallest absolute Gasteiger partial charge is 0.257 e. The lowest BCUT2D eigenvalue weighted by molar-refractivity contribution is 0.0780. The van der Waals surface area contributed by atoms with Gasteiger partial charge in [-0.15, -0.1) is 0 Å². The number of amides is 1. The van der Waals surface area contributed by atoms with Crippen LogP contribution in [0.15, 0.2) is 53.1 Å². The van der Waals surface area contributed by atoms with Crippen LogP contribution >= 0.6 is 0 Å². The maximum absolute atomic E-state index is 12.9. The molecule has 0 spiro atoms. The maximum atomic E-state index is 12.9. The number of nitriles is 1. The van der Waals surface area contributed by atoms with Crippen molar-refractivity contribution in [2.24, 2.45) is 0 Å². The minimum atomic E-state index is -0.167. The van der Waals surface area contributed by atoms with E-state index in [0.717, 1.165) is 5.56 Å². The second kappa shape index (κ2) is 8.15. The lowest BCUT2D eigenvalue weighted by Gasteiger charge is -2.19. The molecule has 0 unspecified atom stereocenters. The van der Waals surface area contributed by atoms with Gasteiger partial charge in [0.1, 0.15) is 5.75 Å². The molecule has 0 fully saturated rings. The molecule has 0 bridgehead atoms. The van der Waals surface area contributed by atoms with Crippen molar-refractivity contribution >= 4 is 5.91 Å². The highest BCUT2D eigenvalue weighted by Crippen LogP contribution is 2.21. The number of hydrogen-bond acceptors (Lipinski definition) is 6. The Balaban J connectivity index is 1.70. The van der Waals surface area contributed by atoms with Gasteiger partial charge < -0.3 is 14.2 Å². The Hall–Kier alpha value is -3.66. The molecule has 1 heterocycles. The summed E-state index contributed by atoms with van der Waals surface area (Å²) in [5, 5.41) is 12.6. The summed E-state index contributed by atoms with van der Waals surface area (Å²) in [6.07, 6.45) is 0. The largest absolute Gasteiger partial charge is 0.485 e. The van der Waals surface area contributed by atoms with Crippen molar-refractivity contribution in [2.45, 2.75) is 20.1 Å². The van der Waals surface area contributed by atoms with Crippen LogP contribution in [-0.2, 0) is 13.2 Å². The van der Waals surface area contributed by atoms with Gasteiger partial charge in [0.2, 0.25) is 11.7 Å². The third-order valence-corrected chi connectivity index (χ3v) is 3.89. The number of aryl methyl sites for hydroxylation is 1. The van der Waals surface area contributed by atoms with E-state index >= 15 is 0 Å². The van der Waals surface area contributed by atoms with Crippen molar-refractivity contribution < 1.29 is 14.1 Å². The standard InChI is InChI=1S/C20H18N4O3/c1-14-22-19(23-27-14)13-26-18-6-4-3-5-17(18)20(25)24(2)12-16-9-7-15(11-21)8-10-16/h3-10H,12-13H2,1-2H3. The first-order valence-electron chi connectivity index (χ1n) is 8.32. The van der Waals surface area contributed by atoms with Gasteiger partial charge in [0, 0.05) is 20.5 Å². The normalized spacial score (nSPS) is 10.3. The highest BCUT2D eigenvalue weighted by Gasteiger charge is 2.17. The monoisotopic (exact) mass is 362 g/mol. The average molecular weight is 362 g/mol. The molecule has 0 atom stereocenters. The Morgan fingerprint density at radius 3 is 2.63 bits per heavy atom. The third kappa shape index (κ3) is 4.50. The van der Waals surface area contributed by atoms with E-state index in [4.69, 9.17) is 14.5 Å². The summed E-state index contributed by atoms with van der Waals surface area (Å²) in [5.41, 5.74) is 1.97. The first-order chi connectivity index (χ1) is 13.1. The van der Waals surface area contributed by atoms with Gasteiger partial charge in [0.05, 0.1) is 17.2 Å². The van der Waals surface area contributed by atoms with Gasteiger partial charge in [-0.25, -0.2) is 0 Å². The molecule has 3 rings (SSSR count). The van der Waals surface area contributed by atoms with E-state index in [0.29, 0.717) is 35.1 Å². The first-order valence-corrected chi connectivity index (χ1v) is 8.32. The summed E-state index contributed by atoms with van der Waals surface area (Å²) in [4.78, 5) is 18.5. The van der Waals surface area contributed by atoms with E-state index in [1.54, 1.807) is 55.3 Å². The molecule has 0 radical (unpaired) electrons. The molecule has 0 N–H and O–H groups in total. The lowest BCUT2D eigenvalue weighted by Crippen LogP contribution is -2.26. The highest BCUT2D eigenvalue weighted by atomic mass is 16.5. The highest BCUT2D eigenvalue weighted by molar-refractivity contribution is 5.96. The van der Waals surface area contributed by atoms with Crippen LogP contribution in [0.1, 0.15) is 33.2 Å². The predicted octanol–water partition coefficient (Wildman–Crippen LogP) is 3.10. The minimum Gasteiger partial charge on any atom is -0.485 e. The van der Waals surface area contributed by atoms with Crippen molar-refractivity contribution in [1.29, 1.82) is 5.26 Å². The lowest BCUT2D eigenvalue weighted by atomic mass is 10.1. The number of carbonyl (C=O) groups excluding carboxylic acids is 1. The maximum Gasteiger partial charge on any atom is 0.257 e. The zero-order valence-corrected chi connectivity index (χ0v) is 15.0. The Bertz CT molecular complexity index is 973. The van der Waals surface area contributed by atoms with Crippen LogP contribution in [0.4, 0.5) is 0 Å². The van der Waals surface area contributed by atoms with E-state index in [1.807, 2.05) is 12.1 Å². The number of rotatable bonds is 6. The first kappa shape index (κ1) is 18.1. The van der Waals surface area contributed by atoms with Crippen LogP contribution in [0.25, 0.3) is 0 Å². The molecule has 0 aliphatic heterocycles. The molecule has 136 valence electrons. The molecular formula is C20H18N4O3. The summed E-state index contributed by atoms with van der Waals surface area (Å²) >= 11 is 0. The quantitative estimate of drug-likeness (QED) is 0.669. The van der Waals surface area contributed by atoms with Gasteiger partial charge in [0.25, 0.3) is 5.91 Å². The van der Waals surface area contributed by atoms with Gasteiger partial charge in [0.15, 0.2) is 6.61 Å². The molecule has 27 heavy (non-hydrogen) atoms. The molecule has 0 aliphatic carbocycles. The van der Waals surface area contributed by atoms with Crippen LogP contribution in [0.3, 0.4) is 0 Å². The Morgan fingerprint density at radius 1 is 1.22 bits per heavy atom. The van der Waals surface area contributed by atoms with Crippen LogP contribution in [0.2, 0.25) is 0 Å². The predicted molar refractivity (Wildman–Crippen MR) is 96.8 cm³/mol. The van der Waals surface area contributed by atoms with Crippen molar-refractivity contribution in [1.82, 2.24) is 15.0 Å². The molecule has 1 amide bonds. The Morgan fingerprint density at radius 2 is 1.96 bits per heavy atom. The van der Waals surface area contributed by atoms with Crippen LogP contribution in [-0.4, -0.2) is 28.0 Å². The van der Waals surface area contributed by atoms with Crippen molar-refractivity contribution in [3.63, 3.8) is 0 Å². The topological polar surface area (TPSA) is 92.2 Å². The van der Waals surface area contributed by atoms with Gasteiger partial charge in [-0.3, -0.25) is 4.79 Å². The van der Waals surface area contributed by atoms with Crippen molar-refractivity contribution in [2.75, 3.05) is 7.05 Å². The molecule has 2 aromatic carbocycles. The zero-order valence-electron chi connectivity index (χ0n) is 15.0. The van der Waals surface area contributed by atoms with E-state index < -0.39 is 0 Å². The van der Waals surface area contributed by atoms with Gasteiger partial charge in [-0.1, -0.05) is 29.4 Å². The van der Waals surface area contributed by atoms with Crippen molar-refractivity contribution in [3.8, 4) is 11.8 Å². The number of benzene rings is 2. The van der Waals surface area contributed by atoms with Crippen LogP contribution in [0, 0.1) is 18.3 Å². The number of nitrogens with zero attached hydrogens (tertiary/aromatic N) is 4. The van der Waals surface area contributed by atoms with E-state index in [2.05, 4.69) is 16.2 Å². The number of hydrogen-bond donors (Lipinski definition) is 0.